The first-order chi connectivity index (χ1) is 9.70. The topological polar surface area (TPSA) is 60.4 Å². The Balaban J connectivity index is 0.000000385. The summed E-state index contributed by atoms with van der Waals surface area (Å²) in [6.45, 7) is 1.90. The van der Waals surface area contributed by atoms with Crippen LogP contribution in [0.5, 0.6) is 5.75 Å². The second-order valence-corrected chi connectivity index (χ2v) is 5.69. The normalized spacial score (nSPS) is 10.0. The number of hydrogen-bond acceptors (Lipinski definition) is 3. The van der Waals surface area contributed by atoms with Crippen LogP contribution in [-0.2, 0) is 0 Å². The molecule has 0 saturated heterocycles. The molecule has 0 fully saturated rings. The standard InChI is InChI=1S/C9H13NO.C8H8O2.BrH/c1-10(2,3)8-5-4-6-9(11)7-8;1-6-2-4-7(5-3-6)8(9)10;/h4-7H,1-3H3;2-5H,1H3,(H,9,10);1H/p-1. The number of hydrogen-bond donors (Lipinski definition) is 1. The summed E-state index contributed by atoms with van der Waals surface area (Å²) in [6.07, 6.45) is 0. The molecule has 4 nitrogen and oxygen atoms in total. The van der Waals surface area contributed by atoms with Crippen molar-refractivity contribution in [1.29, 1.82) is 0 Å². The van der Waals surface area contributed by atoms with Gasteiger partial charge in [-0.25, -0.2) is 0 Å². The Morgan fingerprint density at radius 2 is 1.59 bits per heavy atom. The second-order valence-electron chi connectivity index (χ2n) is 5.69. The number of phenolic OH excluding ortho intramolecular Hbond substituents is 1. The fourth-order valence-corrected chi connectivity index (χ4v) is 1.60. The van der Waals surface area contributed by atoms with Gasteiger partial charge in [-0.1, -0.05) is 35.9 Å². The number of aromatic hydroxyl groups is 1. The number of rotatable bonds is 2. The summed E-state index contributed by atoms with van der Waals surface area (Å²) >= 11 is 0. The first-order valence-electron chi connectivity index (χ1n) is 6.59. The fraction of sp³-hybridized carbons (Fsp3) is 0.235. The van der Waals surface area contributed by atoms with Crippen LogP contribution in [0.4, 0.5) is 5.69 Å². The molecular formula is C17H21BrNO3-. The summed E-state index contributed by atoms with van der Waals surface area (Å²) in [5, 5.41) is 19.4. The molecule has 120 valence electrons. The molecule has 2 aromatic rings. The molecule has 0 atom stereocenters. The van der Waals surface area contributed by atoms with Gasteiger partial charge in [0.2, 0.25) is 0 Å². The predicted octanol–water partition coefficient (Wildman–Crippen LogP) is -1.05. The third-order valence-electron chi connectivity index (χ3n) is 2.89. The molecule has 5 heteroatoms. The number of carboxylic acids is 1. The highest BCUT2D eigenvalue weighted by atomic mass is 79.9. The predicted molar refractivity (Wildman–Crippen MR) is 83.2 cm³/mol. The Bertz CT molecular complexity index is 604. The average molecular weight is 367 g/mol. The van der Waals surface area contributed by atoms with Crippen molar-refractivity contribution in [3.05, 3.63) is 59.7 Å². The number of quaternary nitrogens is 1. The van der Waals surface area contributed by atoms with Crippen molar-refractivity contribution < 1.29 is 32.0 Å². The van der Waals surface area contributed by atoms with E-state index in [1.807, 2.05) is 19.1 Å². The van der Waals surface area contributed by atoms with Crippen molar-refractivity contribution in [2.24, 2.45) is 0 Å². The Kier molecular flexibility index (Phi) is 7.84. The molecule has 0 aliphatic rings. The van der Waals surface area contributed by atoms with Gasteiger partial charge in [0.1, 0.15) is 11.4 Å². The molecule has 1 N–H and O–H groups in total. The van der Waals surface area contributed by atoms with E-state index in [2.05, 4.69) is 21.1 Å². The molecule has 22 heavy (non-hydrogen) atoms. The van der Waals surface area contributed by atoms with E-state index >= 15 is 0 Å². The first-order valence-corrected chi connectivity index (χ1v) is 6.59. The maximum absolute atomic E-state index is 10.2. The summed E-state index contributed by atoms with van der Waals surface area (Å²) in [5.41, 5.74) is 2.38. The SMILES string of the molecule is C[N+](C)(C)c1cccc(O)c1.Cc1ccc(C(=O)[O-])cc1.[Br-]. The van der Waals surface area contributed by atoms with E-state index in [4.69, 9.17) is 5.11 Å². The van der Waals surface area contributed by atoms with Crippen LogP contribution in [0.3, 0.4) is 0 Å². The minimum atomic E-state index is -1.12. The van der Waals surface area contributed by atoms with Gasteiger partial charge < -0.3 is 32.0 Å². The molecule has 0 saturated carbocycles. The molecule has 0 bridgehead atoms. The lowest BCUT2D eigenvalue weighted by Gasteiger charge is -2.23. The van der Waals surface area contributed by atoms with E-state index in [9.17, 15) is 9.90 Å². The monoisotopic (exact) mass is 366 g/mol. The minimum absolute atomic E-state index is 0. The van der Waals surface area contributed by atoms with E-state index in [1.54, 1.807) is 24.3 Å². The van der Waals surface area contributed by atoms with Gasteiger partial charge in [-0.3, -0.25) is 4.48 Å². The largest absolute Gasteiger partial charge is 1.00 e. The lowest BCUT2D eigenvalue weighted by atomic mass is 10.2. The molecule has 2 aromatic carbocycles. The van der Waals surface area contributed by atoms with Crippen LogP contribution < -0.4 is 26.6 Å². The van der Waals surface area contributed by atoms with E-state index < -0.39 is 5.97 Å². The van der Waals surface area contributed by atoms with Crippen LogP contribution in [0.1, 0.15) is 15.9 Å². The minimum Gasteiger partial charge on any atom is -1.00 e. The lowest BCUT2D eigenvalue weighted by molar-refractivity contribution is -0.255. The van der Waals surface area contributed by atoms with Crippen LogP contribution >= 0.6 is 0 Å². The van der Waals surface area contributed by atoms with Gasteiger partial charge in [0.15, 0.2) is 0 Å². The molecule has 0 amide bonds. The van der Waals surface area contributed by atoms with Gasteiger partial charge in [-0.2, -0.15) is 0 Å². The molecule has 0 aliphatic carbocycles. The van der Waals surface area contributed by atoms with Crippen LogP contribution in [0.15, 0.2) is 48.5 Å². The van der Waals surface area contributed by atoms with E-state index in [0.29, 0.717) is 5.75 Å². The van der Waals surface area contributed by atoms with Crippen molar-refractivity contribution >= 4 is 11.7 Å². The van der Waals surface area contributed by atoms with Crippen LogP contribution in [0.25, 0.3) is 0 Å². The van der Waals surface area contributed by atoms with E-state index in [0.717, 1.165) is 15.7 Å². The zero-order valence-corrected chi connectivity index (χ0v) is 14.8. The van der Waals surface area contributed by atoms with Crippen molar-refractivity contribution in [2.45, 2.75) is 6.92 Å². The highest BCUT2D eigenvalue weighted by Crippen LogP contribution is 2.21. The van der Waals surface area contributed by atoms with Gasteiger partial charge in [-0.15, -0.1) is 0 Å². The highest BCUT2D eigenvalue weighted by Gasteiger charge is 2.11. The third-order valence-corrected chi connectivity index (χ3v) is 2.89. The number of benzene rings is 2. The number of aromatic carboxylic acids is 1. The highest BCUT2D eigenvalue weighted by molar-refractivity contribution is 5.85. The first kappa shape index (κ1) is 20.2. The third kappa shape index (κ3) is 6.74. The number of carboxylic acid groups (broad SMARTS) is 1. The van der Waals surface area contributed by atoms with Gasteiger partial charge in [-0.05, 0) is 24.6 Å². The summed E-state index contributed by atoms with van der Waals surface area (Å²) in [6, 6.07) is 13.9. The molecule has 0 heterocycles. The van der Waals surface area contributed by atoms with Crippen LogP contribution in [0.2, 0.25) is 0 Å². The zero-order valence-electron chi connectivity index (χ0n) is 13.2. The molecule has 0 spiro atoms. The number of halogens is 1. The number of nitrogens with zero attached hydrogens (tertiary/aromatic N) is 1. The molecule has 0 unspecified atom stereocenters. The van der Waals surface area contributed by atoms with Gasteiger partial charge in [0.05, 0.1) is 27.1 Å². The number of carbonyl (C=O) groups is 1. The Morgan fingerprint density at radius 1 is 1.05 bits per heavy atom. The van der Waals surface area contributed by atoms with E-state index in [1.165, 1.54) is 12.1 Å². The summed E-state index contributed by atoms with van der Waals surface area (Å²) in [5.74, 6) is -0.796. The number of phenols is 1. The quantitative estimate of drug-likeness (QED) is 0.690. The summed E-state index contributed by atoms with van der Waals surface area (Å²) < 4.78 is 0.731. The summed E-state index contributed by atoms with van der Waals surface area (Å²) in [7, 11) is 6.19. The van der Waals surface area contributed by atoms with Crippen molar-refractivity contribution in [1.82, 2.24) is 4.48 Å². The van der Waals surface area contributed by atoms with Gasteiger partial charge >= 0.3 is 0 Å². The molecule has 0 radical (unpaired) electrons. The average Bonchev–Trinajstić information content (AvgIpc) is 2.39. The number of aryl methyl sites for hydroxylation is 1. The van der Waals surface area contributed by atoms with Crippen LogP contribution in [-0.4, -0.2) is 32.2 Å². The summed E-state index contributed by atoms with van der Waals surface area (Å²) in [4.78, 5) is 10.2. The smallest absolute Gasteiger partial charge is 0.135 e. The number of carbonyl (C=O) groups excluding carboxylic acids is 1. The Labute approximate surface area is 142 Å². The fourth-order valence-electron chi connectivity index (χ4n) is 1.60. The Morgan fingerprint density at radius 3 is 1.95 bits per heavy atom. The van der Waals surface area contributed by atoms with Gasteiger partial charge in [0.25, 0.3) is 0 Å². The van der Waals surface area contributed by atoms with Crippen LogP contribution in [0, 0.1) is 6.92 Å². The van der Waals surface area contributed by atoms with Gasteiger partial charge in [0, 0.05) is 6.07 Å². The maximum Gasteiger partial charge on any atom is 0.135 e. The van der Waals surface area contributed by atoms with E-state index in [-0.39, 0.29) is 22.5 Å². The molecule has 0 aliphatic heterocycles. The molecule has 0 aromatic heterocycles. The van der Waals surface area contributed by atoms with Crippen molar-refractivity contribution in [2.75, 3.05) is 21.1 Å². The Hall–Kier alpha value is -1.85. The molecule has 2 rings (SSSR count). The van der Waals surface area contributed by atoms with Crippen molar-refractivity contribution in [3.8, 4) is 5.75 Å². The maximum atomic E-state index is 10.2. The lowest BCUT2D eigenvalue weighted by Crippen LogP contribution is -3.00. The van der Waals surface area contributed by atoms with Crippen molar-refractivity contribution in [3.63, 3.8) is 0 Å². The molecular weight excluding hydrogens is 346 g/mol. The zero-order chi connectivity index (χ0) is 16.0. The second kappa shape index (κ2) is 8.56.